The van der Waals surface area contributed by atoms with Gasteiger partial charge in [-0.2, -0.15) is 0 Å². The summed E-state index contributed by atoms with van der Waals surface area (Å²) in [5.74, 6) is -0.981. The Balaban J connectivity index is 3.09. The normalized spacial score (nSPS) is 10.5. The molecule has 15 heavy (non-hydrogen) atoms. The third kappa shape index (κ3) is 1.59. The molecule has 4 nitrogen and oxygen atoms in total. The predicted molar refractivity (Wildman–Crippen MR) is 52.5 cm³/mol. The number of rotatable bonds is 0. The van der Waals surface area contributed by atoms with E-state index in [4.69, 9.17) is 0 Å². The van der Waals surface area contributed by atoms with Crippen molar-refractivity contribution in [3.63, 3.8) is 0 Å². The first-order valence-corrected chi connectivity index (χ1v) is 4.14. The number of aromatic nitrogens is 1. The summed E-state index contributed by atoms with van der Waals surface area (Å²) in [6, 6.07) is 4.22. The summed E-state index contributed by atoms with van der Waals surface area (Å²) >= 11 is 0. The third-order valence-corrected chi connectivity index (χ3v) is 2.00. The summed E-state index contributed by atoms with van der Waals surface area (Å²) in [7, 11) is 0. The highest BCUT2D eigenvalue weighted by atomic mass is 19.1. The number of H-pyrrole nitrogens is 1. The molecule has 0 unspecified atom stereocenters. The van der Waals surface area contributed by atoms with Crippen molar-refractivity contribution in [1.82, 2.24) is 4.98 Å². The highest BCUT2D eigenvalue weighted by Gasteiger charge is 2.03. The molecule has 1 aromatic heterocycles. The van der Waals surface area contributed by atoms with Crippen LogP contribution in [0.3, 0.4) is 0 Å². The van der Waals surface area contributed by atoms with Gasteiger partial charge in [-0.05, 0) is 18.2 Å². The second kappa shape index (κ2) is 3.20. The van der Waals surface area contributed by atoms with E-state index in [-0.39, 0.29) is 10.9 Å². The lowest BCUT2D eigenvalue weighted by molar-refractivity contribution is 0.481. The molecule has 76 valence electrons. The SMILES string of the molecule is O=c1cc(O)c2cc(F)ccc2[nH]c1=O. The maximum Gasteiger partial charge on any atom is 0.296 e. The van der Waals surface area contributed by atoms with Gasteiger partial charge < -0.3 is 10.1 Å². The Hall–Kier alpha value is -2.17. The number of fused-ring (bicyclic) bond motifs is 1. The van der Waals surface area contributed by atoms with Gasteiger partial charge in [0.25, 0.3) is 5.56 Å². The number of aromatic hydroxyl groups is 1. The minimum atomic E-state index is -0.871. The molecule has 0 aliphatic carbocycles. The van der Waals surface area contributed by atoms with Crippen LogP contribution < -0.4 is 11.0 Å². The van der Waals surface area contributed by atoms with Crippen LogP contribution in [0.5, 0.6) is 5.75 Å². The van der Waals surface area contributed by atoms with E-state index in [0.29, 0.717) is 0 Å². The molecule has 2 N–H and O–H groups in total. The van der Waals surface area contributed by atoms with Crippen LogP contribution in [0.1, 0.15) is 0 Å². The van der Waals surface area contributed by atoms with E-state index in [0.717, 1.165) is 18.2 Å². The van der Waals surface area contributed by atoms with E-state index in [1.807, 2.05) is 0 Å². The maximum atomic E-state index is 12.9. The van der Waals surface area contributed by atoms with Gasteiger partial charge >= 0.3 is 0 Å². The molecule has 2 rings (SSSR count). The average Bonchev–Trinajstić information content (AvgIpc) is 2.28. The van der Waals surface area contributed by atoms with Gasteiger partial charge in [-0.3, -0.25) is 9.59 Å². The Morgan fingerprint density at radius 3 is 2.67 bits per heavy atom. The molecule has 0 fully saturated rings. The second-order valence-electron chi connectivity index (χ2n) is 3.04. The molecular formula is C10H6FNO3. The molecule has 0 saturated heterocycles. The Bertz CT molecular complexity index is 648. The largest absolute Gasteiger partial charge is 0.507 e. The van der Waals surface area contributed by atoms with Crippen LogP contribution >= 0.6 is 0 Å². The number of aromatic amines is 1. The van der Waals surface area contributed by atoms with E-state index in [1.165, 1.54) is 6.07 Å². The van der Waals surface area contributed by atoms with E-state index in [9.17, 15) is 19.1 Å². The quantitative estimate of drug-likeness (QED) is 0.626. The van der Waals surface area contributed by atoms with Gasteiger partial charge in [0, 0.05) is 11.5 Å². The van der Waals surface area contributed by atoms with E-state index in [1.54, 1.807) is 0 Å². The molecule has 0 aliphatic rings. The zero-order chi connectivity index (χ0) is 11.0. The van der Waals surface area contributed by atoms with E-state index < -0.39 is 22.6 Å². The third-order valence-electron chi connectivity index (χ3n) is 2.00. The number of halogens is 1. The van der Waals surface area contributed by atoms with Crippen LogP contribution in [-0.4, -0.2) is 10.1 Å². The van der Waals surface area contributed by atoms with Crippen molar-refractivity contribution in [2.75, 3.05) is 0 Å². The van der Waals surface area contributed by atoms with Crippen molar-refractivity contribution < 1.29 is 9.50 Å². The van der Waals surface area contributed by atoms with Crippen LogP contribution in [0.15, 0.2) is 33.9 Å². The van der Waals surface area contributed by atoms with Crippen molar-refractivity contribution in [2.45, 2.75) is 0 Å². The summed E-state index contributed by atoms with van der Waals surface area (Å²) in [6.45, 7) is 0. The lowest BCUT2D eigenvalue weighted by Gasteiger charge is -1.94. The minimum Gasteiger partial charge on any atom is -0.507 e. The highest BCUT2D eigenvalue weighted by Crippen LogP contribution is 2.19. The number of benzene rings is 1. The fourth-order valence-corrected chi connectivity index (χ4v) is 1.29. The molecular weight excluding hydrogens is 201 g/mol. The number of hydrogen-bond donors (Lipinski definition) is 2. The van der Waals surface area contributed by atoms with Gasteiger partial charge in [0.2, 0.25) is 5.43 Å². The molecule has 0 spiro atoms. The first kappa shape index (κ1) is 9.39. The zero-order valence-corrected chi connectivity index (χ0v) is 7.45. The summed E-state index contributed by atoms with van der Waals surface area (Å²) in [6.07, 6.45) is 0. The fourth-order valence-electron chi connectivity index (χ4n) is 1.29. The summed E-state index contributed by atoms with van der Waals surface area (Å²) in [4.78, 5) is 24.4. The second-order valence-corrected chi connectivity index (χ2v) is 3.04. The Kier molecular flexibility index (Phi) is 2.00. The highest BCUT2D eigenvalue weighted by molar-refractivity contribution is 5.83. The number of nitrogens with one attached hydrogen (secondary N) is 1. The number of hydrogen-bond acceptors (Lipinski definition) is 3. The fraction of sp³-hybridized carbons (Fsp3) is 0. The molecule has 0 saturated carbocycles. The van der Waals surface area contributed by atoms with Gasteiger partial charge in [0.15, 0.2) is 0 Å². The topological polar surface area (TPSA) is 70.2 Å². The Labute approximate surface area is 82.6 Å². The molecule has 0 radical (unpaired) electrons. The molecule has 0 atom stereocenters. The van der Waals surface area contributed by atoms with Gasteiger partial charge in [-0.25, -0.2) is 4.39 Å². The van der Waals surface area contributed by atoms with Crippen molar-refractivity contribution in [3.05, 3.63) is 50.7 Å². The van der Waals surface area contributed by atoms with Gasteiger partial charge in [0.1, 0.15) is 11.6 Å². The maximum absolute atomic E-state index is 12.9. The molecule has 5 heteroatoms. The first-order valence-electron chi connectivity index (χ1n) is 4.14. The van der Waals surface area contributed by atoms with Crippen LogP contribution in [0, 0.1) is 5.82 Å². The van der Waals surface area contributed by atoms with Crippen LogP contribution in [0.4, 0.5) is 4.39 Å². The molecule has 2 aromatic rings. The first-order chi connectivity index (χ1) is 7.08. The van der Waals surface area contributed by atoms with E-state index in [2.05, 4.69) is 4.98 Å². The summed E-state index contributed by atoms with van der Waals surface area (Å²) < 4.78 is 12.9. The summed E-state index contributed by atoms with van der Waals surface area (Å²) in [5, 5.41) is 9.53. The lowest BCUT2D eigenvalue weighted by Crippen LogP contribution is -2.22. The smallest absolute Gasteiger partial charge is 0.296 e. The monoisotopic (exact) mass is 207 g/mol. The summed E-state index contributed by atoms with van der Waals surface area (Å²) in [5.41, 5.74) is -1.52. The van der Waals surface area contributed by atoms with Crippen molar-refractivity contribution >= 4 is 10.9 Å². The molecule has 0 bridgehead atoms. The van der Waals surface area contributed by atoms with Gasteiger partial charge in [-0.15, -0.1) is 0 Å². The van der Waals surface area contributed by atoms with Crippen molar-refractivity contribution in [1.29, 1.82) is 0 Å². The van der Waals surface area contributed by atoms with Crippen LogP contribution in [0.2, 0.25) is 0 Å². The standard InChI is InChI=1S/C10H6FNO3/c11-5-1-2-7-6(3-5)8(13)4-9(14)10(15)12-7/h1-4,13H,(H,12,14,15). The predicted octanol–water partition coefficient (Wildman–Crippen LogP) is 0.733. The lowest BCUT2D eigenvalue weighted by atomic mass is 10.2. The van der Waals surface area contributed by atoms with Crippen LogP contribution in [0.25, 0.3) is 10.9 Å². The molecule has 1 heterocycles. The molecule has 0 aliphatic heterocycles. The average molecular weight is 207 g/mol. The molecule has 0 amide bonds. The molecule has 1 aromatic carbocycles. The van der Waals surface area contributed by atoms with E-state index >= 15 is 0 Å². The Morgan fingerprint density at radius 2 is 1.93 bits per heavy atom. The Morgan fingerprint density at radius 1 is 1.20 bits per heavy atom. The van der Waals surface area contributed by atoms with Crippen molar-refractivity contribution in [2.24, 2.45) is 0 Å². The van der Waals surface area contributed by atoms with Gasteiger partial charge in [-0.1, -0.05) is 0 Å². The zero-order valence-electron chi connectivity index (χ0n) is 7.45. The minimum absolute atomic E-state index is 0.0919. The van der Waals surface area contributed by atoms with Gasteiger partial charge in [0.05, 0.1) is 5.52 Å². The van der Waals surface area contributed by atoms with Crippen molar-refractivity contribution in [3.8, 4) is 5.75 Å². The van der Waals surface area contributed by atoms with Crippen LogP contribution in [-0.2, 0) is 0 Å².